The number of rotatable bonds is 7. The van der Waals surface area contributed by atoms with Crippen LogP contribution >= 0.6 is 0 Å². The molecule has 1 aromatic heterocycles. The lowest BCUT2D eigenvalue weighted by molar-refractivity contribution is 0.0526. The first-order valence-electron chi connectivity index (χ1n) is 8.41. The topological polar surface area (TPSA) is 60.5 Å². The zero-order valence-corrected chi connectivity index (χ0v) is 14.5. The summed E-state index contributed by atoms with van der Waals surface area (Å²) in [4.78, 5) is 16.0. The van der Waals surface area contributed by atoms with Gasteiger partial charge in [-0.15, -0.1) is 0 Å². The molecule has 0 fully saturated rings. The van der Waals surface area contributed by atoms with E-state index in [1.54, 1.807) is 25.3 Å². The van der Waals surface area contributed by atoms with Gasteiger partial charge in [-0.2, -0.15) is 0 Å². The number of hydrogen-bond acceptors (Lipinski definition) is 5. The quantitative estimate of drug-likeness (QED) is 0.633. The highest BCUT2D eigenvalue weighted by Crippen LogP contribution is 2.21. The normalized spacial score (nSPS) is 10.2. The van der Waals surface area contributed by atoms with E-state index in [0.29, 0.717) is 18.8 Å². The van der Waals surface area contributed by atoms with Crippen LogP contribution in [0.1, 0.15) is 23.0 Å². The summed E-state index contributed by atoms with van der Waals surface area (Å²) in [5, 5.41) is 3.27. The zero-order chi connectivity index (χ0) is 18.2. The number of esters is 1. The maximum Gasteiger partial charge on any atom is 0.338 e. The summed E-state index contributed by atoms with van der Waals surface area (Å²) in [5.74, 6) is 0.441. The fourth-order valence-electron chi connectivity index (χ4n) is 2.38. The Bertz CT molecular complexity index is 849. The molecule has 0 spiro atoms. The number of hydrogen-bond donors (Lipinski definition) is 1. The van der Waals surface area contributed by atoms with Crippen molar-refractivity contribution in [1.82, 2.24) is 4.98 Å². The lowest BCUT2D eigenvalue weighted by atomic mass is 10.2. The molecule has 0 saturated carbocycles. The number of pyridine rings is 1. The number of carbonyl (C=O) groups is 1. The molecule has 0 bridgehead atoms. The lowest BCUT2D eigenvalue weighted by Gasteiger charge is -2.10. The highest BCUT2D eigenvalue weighted by molar-refractivity contribution is 5.90. The van der Waals surface area contributed by atoms with Gasteiger partial charge in [-0.3, -0.25) is 4.98 Å². The van der Waals surface area contributed by atoms with Crippen molar-refractivity contribution in [3.63, 3.8) is 0 Å². The minimum absolute atomic E-state index is 0.325. The first-order chi connectivity index (χ1) is 12.7. The van der Waals surface area contributed by atoms with Crippen molar-refractivity contribution in [2.45, 2.75) is 13.5 Å². The van der Waals surface area contributed by atoms with Gasteiger partial charge in [0.15, 0.2) is 0 Å². The molecule has 1 N–H and O–H groups in total. The Morgan fingerprint density at radius 1 is 1.00 bits per heavy atom. The largest absolute Gasteiger partial charge is 0.487 e. The van der Waals surface area contributed by atoms with E-state index in [9.17, 15) is 4.79 Å². The van der Waals surface area contributed by atoms with E-state index < -0.39 is 0 Å². The van der Waals surface area contributed by atoms with Crippen LogP contribution in [-0.2, 0) is 11.3 Å². The fraction of sp³-hybridized carbons (Fsp3) is 0.143. The molecule has 26 heavy (non-hydrogen) atoms. The smallest absolute Gasteiger partial charge is 0.338 e. The highest BCUT2D eigenvalue weighted by atomic mass is 16.5. The molecule has 0 aliphatic carbocycles. The average Bonchev–Trinajstić information content (AvgIpc) is 2.69. The first kappa shape index (κ1) is 17.5. The second-order valence-corrected chi connectivity index (χ2v) is 5.56. The molecular formula is C21H20N2O3. The summed E-state index contributed by atoms with van der Waals surface area (Å²) >= 11 is 0. The molecule has 0 amide bonds. The number of nitrogens with zero attached hydrogens (tertiary/aromatic N) is 1. The minimum Gasteiger partial charge on any atom is -0.487 e. The van der Waals surface area contributed by atoms with E-state index in [-0.39, 0.29) is 5.97 Å². The molecule has 3 rings (SSSR count). The monoisotopic (exact) mass is 348 g/mol. The Balaban J connectivity index is 1.60. The summed E-state index contributed by atoms with van der Waals surface area (Å²) in [6.07, 6.45) is 1.75. The Labute approximate surface area is 152 Å². The summed E-state index contributed by atoms with van der Waals surface area (Å²) in [5.41, 5.74) is 3.12. The Morgan fingerprint density at radius 3 is 2.58 bits per heavy atom. The lowest BCUT2D eigenvalue weighted by Crippen LogP contribution is -2.04. The van der Waals surface area contributed by atoms with Crippen LogP contribution < -0.4 is 10.1 Å². The molecule has 0 aliphatic rings. The van der Waals surface area contributed by atoms with Gasteiger partial charge in [0.05, 0.1) is 17.9 Å². The summed E-state index contributed by atoms with van der Waals surface area (Å²) in [6.45, 7) is 2.57. The molecule has 5 nitrogen and oxygen atoms in total. The maximum absolute atomic E-state index is 11.8. The molecule has 0 radical (unpaired) electrons. The van der Waals surface area contributed by atoms with Gasteiger partial charge in [-0.25, -0.2) is 4.79 Å². The van der Waals surface area contributed by atoms with Crippen molar-refractivity contribution in [3.8, 4) is 5.75 Å². The number of benzene rings is 2. The predicted molar refractivity (Wildman–Crippen MR) is 101 cm³/mol. The number of ether oxygens (including phenoxy) is 2. The number of nitrogens with one attached hydrogen (secondary N) is 1. The van der Waals surface area contributed by atoms with Crippen molar-refractivity contribution in [2.24, 2.45) is 0 Å². The van der Waals surface area contributed by atoms with E-state index in [0.717, 1.165) is 22.8 Å². The van der Waals surface area contributed by atoms with Gasteiger partial charge < -0.3 is 14.8 Å². The van der Waals surface area contributed by atoms with Gasteiger partial charge in [0, 0.05) is 17.6 Å². The molecule has 3 aromatic rings. The fourth-order valence-corrected chi connectivity index (χ4v) is 2.38. The third-order valence-electron chi connectivity index (χ3n) is 3.63. The zero-order valence-electron chi connectivity index (χ0n) is 14.5. The van der Waals surface area contributed by atoms with Gasteiger partial charge in [-0.05, 0) is 61.5 Å². The SMILES string of the molecule is CCOC(=O)c1cccc(Nc2ccc(OCc3ccccn3)cc2)c1. The number of anilines is 2. The Hall–Kier alpha value is -3.34. The van der Waals surface area contributed by atoms with Crippen molar-refractivity contribution in [1.29, 1.82) is 0 Å². The number of aromatic nitrogens is 1. The van der Waals surface area contributed by atoms with Gasteiger partial charge in [-0.1, -0.05) is 12.1 Å². The summed E-state index contributed by atoms with van der Waals surface area (Å²) < 4.78 is 10.7. The Kier molecular flexibility index (Phi) is 5.83. The molecule has 0 atom stereocenters. The molecular weight excluding hydrogens is 328 g/mol. The average molecular weight is 348 g/mol. The maximum atomic E-state index is 11.8. The standard InChI is InChI=1S/C21H20N2O3/c1-2-25-21(24)16-6-5-8-18(14-16)23-17-9-11-20(12-10-17)26-15-19-7-3-4-13-22-19/h3-14,23H,2,15H2,1H3. The molecule has 0 unspecified atom stereocenters. The second kappa shape index (κ2) is 8.67. The van der Waals surface area contributed by atoms with Gasteiger partial charge in [0.25, 0.3) is 0 Å². The molecule has 0 aliphatic heterocycles. The Morgan fingerprint density at radius 2 is 1.85 bits per heavy atom. The van der Waals surface area contributed by atoms with E-state index in [1.165, 1.54) is 0 Å². The van der Waals surface area contributed by atoms with E-state index >= 15 is 0 Å². The first-order valence-corrected chi connectivity index (χ1v) is 8.41. The number of carbonyl (C=O) groups excluding carboxylic acids is 1. The van der Waals surface area contributed by atoms with Crippen LogP contribution in [-0.4, -0.2) is 17.6 Å². The van der Waals surface area contributed by atoms with Crippen LogP contribution in [0.15, 0.2) is 72.9 Å². The van der Waals surface area contributed by atoms with Crippen LogP contribution in [0.25, 0.3) is 0 Å². The third kappa shape index (κ3) is 4.83. The molecule has 0 saturated heterocycles. The molecule has 2 aromatic carbocycles. The van der Waals surface area contributed by atoms with E-state index in [4.69, 9.17) is 9.47 Å². The van der Waals surface area contributed by atoms with Crippen molar-refractivity contribution < 1.29 is 14.3 Å². The van der Waals surface area contributed by atoms with Crippen LogP contribution in [0.3, 0.4) is 0 Å². The van der Waals surface area contributed by atoms with Gasteiger partial charge in [0.1, 0.15) is 12.4 Å². The summed E-state index contributed by atoms with van der Waals surface area (Å²) in [7, 11) is 0. The van der Waals surface area contributed by atoms with Crippen LogP contribution in [0.2, 0.25) is 0 Å². The third-order valence-corrected chi connectivity index (χ3v) is 3.63. The highest BCUT2D eigenvalue weighted by Gasteiger charge is 2.07. The molecule has 5 heteroatoms. The summed E-state index contributed by atoms with van der Waals surface area (Å²) in [6, 6.07) is 20.6. The molecule has 132 valence electrons. The van der Waals surface area contributed by atoms with Crippen LogP contribution in [0.4, 0.5) is 11.4 Å². The van der Waals surface area contributed by atoms with Crippen molar-refractivity contribution >= 4 is 17.3 Å². The van der Waals surface area contributed by atoms with Crippen LogP contribution in [0.5, 0.6) is 5.75 Å². The van der Waals surface area contributed by atoms with Gasteiger partial charge in [0.2, 0.25) is 0 Å². The van der Waals surface area contributed by atoms with Crippen LogP contribution in [0, 0.1) is 0 Å². The van der Waals surface area contributed by atoms with Crippen molar-refractivity contribution in [3.05, 3.63) is 84.2 Å². The molecule has 1 heterocycles. The van der Waals surface area contributed by atoms with Crippen molar-refractivity contribution in [2.75, 3.05) is 11.9 Å². The second-order valence-electron chi connectivity index (χ2n) is 5.56. The predicted octanol–water partition coefficient (Wildman–Crippen LogP) is 4.58. The minimum atomic E-state index is -0.325. The van der Waals surface area contributed by atoms with E-state index in [1.807, 2.05) is 54.6 Å². The van der Waals surface area contributed by atoms with E-state index in [2.05, 4.69) is 10.3 Å². The van der Waals surface area contributed by atoms with Gasteiger partial charge >= 0.3 is 5.97 Å².